The predicted molar refractivity (Wildman–Crippen MR) is 80.1 cm³/mol. The first-order valence-electron chi connectivity index (χ1n) is 6.24. The van der Waals surface area contributed by atoms with Gasteiger partial charge < -0.3 is 9.47 Å². The zero-order valence-electron chi connectivity index (χ0n) is 11.7. The van der Waals surface area contributed by atoms with Gasteiger partial charge in [-0.05, 0) is 23.8 Å². The quantitative estimate of drug-likeness (QED) is 0.658. The highest BCUT2D eigenvalue weighted by Gasteiger charge is 2.20. The summed E-state index contributed by atoms with van der Waals surface area (Å²) in [7, 11) is 3.00. The lowest BCUT2D eigenvalue weighted by atomic mass is 9.98. The molecule has 2 aromatic rings. The summed E-state index contributed by atoms with van der Waals surface area (Å²) in [5.74, 6) is 6.11. The van der Waals surface area contributed by atoms with E-state index in [-0.39, 0.29) is 5.82 Å². The number of ether oxygens (including phenoxy) is 2. The first kappa shape index (κ1) is 15.6. The van der Waals surface area contributed by atoms with Crippen molar-refractivity contribution < 1.29 is 13.9 Å². The maximum Gasteiger partial charge on any atom is 0.179 e. The average Bonchev–Trinajstić information content (AvgIpc) is 2.49. The van der Waals surface area contributed by atoms with E-state index in [2.05, 4.69) is 5.43 Å². The van der Waals surface area contributed by atoms with Gasteiger partial charge in [0, 0.05) is 5.56 Å². The van der Waals surface area contributed by atoms with E-state index in [1.54, 1.807) is 30.3 Å². The Morgan fingerprint density at radius 1 is 1.19 bits per heavy atom. The molecule has 0 aromatic heterocycles. The summed E-state index contributed by atoms with van der Waals surface area (Å²) in [5, 5.41) is 0.364. The molecule has 0 spiro atoms. The number of hydrogen-bond acceptors (Lipinski definition) is 4. The topological polar surface area (TPSA) is 56.5 Å². The van der Waals surface area contributed by atoms with Crippen LogP contribution >= 0.6 is 11.6 Å². The van der Waals surface area contributed by atoms with E-state index >= 15 is 0 Å². The van der Waals surface area contributed by atoms with Crippen molar-refractivity contribution in [3.8, 4) is 11.5 Å². The minimum atomic E-state index is -0.552. The molecular formula is C15H16ClFN2O2. The molecular weight excluding hydrogens is 295 g/mol. The van der Waals surface area contributed by atoms with E-state index in [9.17, 15) is 4.39 Å². The van der Waals surface area contributed by atoms with Gasteiger partial charge in [0.25, 0.3) is 0 Å². The number of hydrazine groups is 1. The van der Waals surface area contributed by atoms with Gasteiger partial charge >= 0.3 is 0 Å². The smallest absolute Gasteiger partial charge is 0.179 e. The number of rotatable bonds is 5. The lowest BCUT2D eigenvalue weighted by Gasteiger charge is -2.20. The van der Waals surface area contributed by atoms with Crippen molar-refractivity contribution in [1.82, 2.24) is 5.43 Å². The van der Waals surface area contributed by atoms with E-state index in [4.69, 9.17) is 26.9 Å². The molecule has 0 bridgehead atoms. The van der Waals surface area contributed by atoms with Crippen molar-refractivity contribution in [2.45, 2.75) is 6.04 Å². The van der Waals surface area contributed by atoms with Crippen LogP contribution in [0.5, 0.6) is 11.5 Å². The third-order valence-corrected chi connectivity index (χ3v) is 3.45. The molecule has 0 amide bonds. The fourth-order valence-electron chi connectivity index (χ4n) is 2.18. The summed E-state index contributed by atoms with van der Waals surface area (Å²) >= 11 is 6.17. The number of nitrogens with two attached hydrogens (primary N) is 1. The molecule has 112 valence electrons. The highest BCUT2D eigenvalue weighted by atomic mass is 35.5. The molecule has 1 atom stereocenters. The summed E-state index contributed by atoms with van der Waals surface area (Å²) in [6, 6.07) is 9.22. The van der Waals surface area contributed by atoms with Gasteiger partial charge in [0.1, 0.15) is 5.82 Å². The lowest BCUT2D eigenvalue weighted by Crippen LogP contribution is -2.29. The van der Waals surface area contributed by atoms with Gasteiger partial charge in [0.2, 0.25) is 0 Å². The summed E-state index contributed by atoms with van der Waals surface area (Å²) < 4.78 is 24.4. The van der Waals surface area contributed by atoms with E-state index in [0.29, 0.717) is 27.6 Å². The summed E-state index contributed by atoms with van der Waals surface area (Å²) in [4.78, 5) is 0. The Labute approximate surface area is 127 Å². The number of benzene rings is 2. The van der Waals surface area contributed by atoms with Crippen LogP contribution in [0.1, 0.15) is 17.2 Å². The second-order valence-electron chi connectivity index (χ2n) is 4.36. The van der Waals surface area contributed by atoms with Crippen LogP contribution < -0.4 is 20.7 Å². The van der Waals surface area contributed by atoms with Crippen LogP contribution in [0.25, 0.3) is 0 Å². The molecule has 2 aromatic carbocycles. The Kier molecular flexibility index (Phi) is 5.01. The van der Waals surface area contributed by atoms with Crippen LogP contribution in [-0.2, 0) is 0 Å². The Bertz CT molecular complexity index is 637. The third kappa shape index (κ3) is 3.10. The summed E-state index contributed by atoms with van der Waals surface area (Å²) in [6.07, 6.45) is 0. The molecule has 3 N–H and O–H groups in total. The first-order chi connectivity index (χ1) is 10.1. The molecule has 0 aliphatic heterocycles. The van der Waals surface area contributed by atoms with Gasteiger partial charge in [0.15, 0.2) is 11.5 Å². The molecule has 0 saturated carbocycles. The van der Waals surface area contributed by atoms with Crippen molar-refractivity contribution in [2.24, 2.45) is 5.84 Å². The second kappa shape index (κ2) is 6.76. The predicted octanol–water partition coefficient (Wildman–Crippen LogP) is 3.05. The molecule has 21 heavy (non-hydrogen) atoms. The van der Waals surface area contributed by atoms with Gasteiger partial charge in [0.05, 0.1) is 25.3 Å². The van der Waals surface area contributed by atoms with Crippen LogP contribution in [0.15, 0.2) is 36.4 Å². The van der Waals surface area contributed by atoms with E-state index < -0.39 is 6.04 Å². The third-order valence-electron chi connectivity index (χ3n) is 3.17. The Balaban J connectivity index is 2.53. The Morgan fingerprint density at radius 3 is 2.48 bits per heavy atom. The van der Waals surface area contributed by atoms with Crippen LogP contribution in [-0.4, -0.2) is 14.2 Å². The highest BCUT2D eigenvalue weighted by molar-refractivity contribution is 6.32. The molecule has 0 saturated heterocycles. The van der Waals surface area contributed by atoms with Gasteiger partial charge in [-0.2, -0.15) is 0 Å². The SMILES string of the molecule is COc1cc(C(NN)c2ccccc2F)cc(Cl)c1OC. The van der Waals surface area contributed by atoms with Crippen molar-refractivity contribution in [3.05, 3.63) is 58.4 Å². The molecule has 0 aliphatic rings. The van der Waals surface area contributed by atoms with Gasteiger partial charge in [-0.25, -0.2) is 9.82 Å². The van der Waals surface area contributed by atoms with Gasteiger partial charge in [-0.15, -0.1) is 0 Å². The van der Waals surface area contributed by atoms with Crippen LogP contribution in [0.3, 0.4) is 0 Å². The largest absolute Gasteiger partial charge is 0.493 e. The monoisotopic (exact) mass is 310 g/mol. The maximum absolute atomic E-state index is 14.0. The second-order valence-corrected chi connectivity index (χ2v) is 4.77. The zero-order valence-corrected chi connectivity index (χ0v) is 12.4. The number of halogens is 2. The van der Waals surface area contributed by atoms with E-state index in [1.165, 1.54) is 20.3 Å². The van der Waals surface area contributed by atoms with Crippen LogP contribution in [0.2, 0.25) is 5.02 Å². The van der Waals surface area contributed by atoms with Crippen molar-refractivity contribution in [2.75, 3.05) is 14.2 Å². The minimum Gasteiger partial charge on any atom is -0.493 e. The number of nitrogens with one attached hydrogen (secondary N) is 1. The van der Waals surface area contributed by atoms with E-state index in [0.717, 1.165) is 0 Å². The average molecular weight is 311 g/mol. The normalized spacial score (nSPS) is 12.0. The Hall–Kier alpha value is -1.82. The molecule has 0 radical (unpaired) electrons. The van der Waals surface area contributed by atoms with Crippen LogP contribution in [0.4, 0.5) is 4.39 Å². The van der Waals surface area contributed by atoms with Crippen molar-refractivity contribution >= 4 is 11.6 Å². The summed E-state index contributed by atoms with van der Waals surface area (Å²) in [5.41, 5.74) is 3.69. The molecule has 0 heterocycles. The van der Waals surface area contributed by atoms with E-state index in [1.807, 2.05) is 0 Å². The molecule has 2 rings (SSSR count). The molecule has 0 aliphatic carbocycles. The lowest BCUT2D eigenvalue weighted by molar-refractivity contribution is 0.354. The van der Waals surface area contributed by atoms with Gasteiger partial charge in [-0.3, -0.25) is 5.84 Å². The molecule has 6 heteroatoms. The molecule has 4 nitrogen and oxygen atoms in total. The standard InChI is InChI=1S/C15H16ClFN2O2/c1-20-13-8-9(7-11(16)15(13)21-2)14(19-18)10-5-3-4-6-12(10)17/h3-8,14,19H,18H2,1-2H3. The van der Waals surface area contributed by atoms with Gasteiger partial charge in [-0.1, -0.05) is 29.8 Å². The molecule has 1 unspecified atom stereocenters. The van der Waals surface area contributed by atoms with Crippen LogP contribution in [0, 0.1) is 5.82 Å². The van der Waals surface area contributed by atoms with Crippen molar-refractivity contribution in [1.29, 1.82) is 0 Å². The zero-order chi connectivity index (χ0) is 15.4. The first-order valence-corrected chi connectivity index (χ1v) is 6.62. The fourth-order valence-corrected chi connectivity index (χ4v) is 2.48. The fraction of sp³-hybridized carbons (Fsp3) is 0.200. The Morgan fingerprint density at radius 2 is 1.90 bits per heavy atom. The highest BCUT2D eigenvalue weighted by Crippen LogP contribution is 2.38. The number of methoxy groups -OCH3 is 2. The minimum absolute atomic E-state index is 0.355. The van der Waals surface area contributed by atoms with Crippen molar-refractivity contribution in [3.63, 3.8) is 0 Å². The summed E-state index contributed by atoms with van der Waals surface area (Å²) in [6.45, 7) is 0. The molecule has 0 fully saturated rings. The maximum atomic E-state index is 14.0. The number of hydrogen-bond donors (Lipinski definition) is 2.